The van der Waals surface area contributed by atoms with Crippen molar-refractivity contribution < 1.29 is 13.6 Å². The van der Waals surface area contributed by atoms with Gasteiger partial charge in [0.05, 0.1) is 13.2 Å². The van der Waals surface area contributed by atoms with E-state index in [4.69, 9.17) is 34.4 Å². The van der Waals surface area contributed by atoms with Crippen LogP contribution in [0.3, 0.4) is 0 Å². The highest BCUT2D eigenvalue weighted by Crippen LogP contribution is 2.53. The van der Waals surface area contributed by atoms with Gasteiger partial charge in [0.25, 0.3) is 0 Å². The maximum Gasteiger partial charge on any atom is 0.424 e. The maximum absolute atomic E-state index is 11.1. The molecule has 0 aromatic heterocycles. The number of halogens is 3. The Labute approximate surface area is 91.6 Å². The quantitative estimate of drug-likeness (QED) is 0.684. The molecule has 3 nitrogen and oxygen atoms in total. The van der Waals surface area contributed by atoms with Crippen LogP contribution < -0.4 is 0 Å². The van der Waals surface area contributed by atoms with E-state index < -0.39 is 6.95 Å². The average Bonchev–Trinajstić information content (AvgIpc) is 2.05. The molecule has 0 saturated carbocycles. The van der Waals surface area contributed by atoms with Crippen LogP contribution in [-0.4, -0.2) is 13.2 Å². The summed E-state index contributed by atoms with van der Waals surface area (Å²) in [6, 6.07) is 0. The number of rotatable bonds is 6. The zero-order valence-corrected chi connectivity index (χ0v) is 9.69. The minimum absolute atomic E-state index is 0.0366. The molecular formula is C6H8Cl3O3P. The molecule has 0 saturated heterocycles. The molecule has 76 valence electrons. The monoisotopic (exact) mass is 264 g/mol. The summed E-state index contributed by atoms with van der Waals surface area (Å²) in [5, 5.41) is 0. The molecule has 13 heavy (non-hydrogen) atoms. The Kier molecular flexibility index (Phi) is 8.17. The van der Waals surface area contributed by atoms with E-state index in [0.717, 1.165) is 0 Å². The molecule has 0 unspecified atom stereocenters. The molecule has 0 aliphatic rings. The molecule has 0 radical (unpaired) electrons. The molecule has 0 aromatic rings. The molecular weight excluding hydrogens is 257 g/mol. The lowest BCUT2D eigenvalue weighted by atomic mass is 10.7. The Morgan fingerprint density at radius 1 is 1.08 bits per heavy atom. The van der Waals surface area contributed by atoms with E-state index in [0.29, 0.717) is 0 Å². The lowest BCUT2D eigenvalue weighted by Gasteiger charge is -2.07. The molecule has 0 bridgehead atoms. The van der Waals surface area contributed by atoms with Gasteiger partial charge in [0.1, 0.15) is 0 Å². The van der Waals surface area contributed by atoms with Crippen LogP contribution in [0.2, 0.25) is 0 Å². The third-order valence-corrected chi connectivity index (χ3v) is 2.68. The second kappa shape index (κ2) is 7.86. The van der Waals surface area contributed by atoms with E-state index in [1.807, 2.05) is 0 Å². The fourth-order valence-electron chi connectivity index (χ4n) is 0.374. The maximum atomic E-state index is 11.1. The topological polar surface area (TPSA) is 35.5 Å². The van der Waals surface area contributed by atoms with Gasteiger partial charge in [-0.2, -0.15) is 0 Å². The largest absolute Gasteiger partial charge is 0.424 e. The van der Waals surface area contributed by atoms with Gasteiger partial charge in [-0.3, -0.25) is 9.05 Å². The summed E-state index contributed by atoms with van der Waals surface area (Å²) in [7, 11) is 0. The predicted octanol–water partition coefficient (Wildman–Crippen LogP) is 3.87. The van der Waals surface area contributed by atoms with Crippen molar-refractivity contribution in [3.05, 3.63) is 23.2 Å². The molecule has 0 rings (SSSR count). The van der Waals surface area contributed by atoms with Gasteiger partial charge in [-0.25, -0.2) is 4.57 Å². The Bertz CT molecular complexity index is 209. The standard InChI is InChI=1S/C6H8Cl3O3P/c7-3-1-5-11-13(9,10)12-6-2-4-8/h1-4H,5-6H2. The third-order valence-electron chi connectivity index (χ3n) is 0.828. The second-order valence-electron chi connectivity index (χ2n) is 1.75. The van der Waals surface area contributed by atoms with Crippen LogP contribution in [0.5, 0.6) is 0 Å². The minimum Gasteiger partial charge on any atom is -0.293 e. The smallest absolute Gasteiger partial charge is 0.293 e. The molecule has 0 aromatic carbocycles. The van der Waals surface area contributed by atoms with Crippen molar-refractivity contribution in [3.63, 3.8) is 0 Å². The zero-order chi connectivity index (χ0) is 10.2. The Balaban J connectivity index is 3.73. The molecule has 0 aliphatic carbocycles. The zero-order valence-electron chi connectivity index (χ0n) is 6.53. The molecule has 0 atom stereocenters. The van der Waals surface area contributed by atoms with E-state index in [2.05, 4.69) is 9.05 Å². The minimum atomic E-state index is -3.50. The first-order chi connectivity index (χ1) is 6.12. The molecule has 0 aliphatic heterocycles. The SMILES string of the molecule is O=P(Cl)(OCC=CCl)OCC=CCl. The Hall–Kier alpha value is 0.500. The van der Waals surface area contributed by atoms with Crippen molar-refractivity contribution >= 4 is 41.4 Å². The lowest BCUT2D eigenvalue weighted by Crippen LogP contribution is -1.90. The molecule has 0 fully saturated rings. The Morgan fingerprint density at radius 2 is 1.46 bits per heavy atom. The van der Waals surface area contributed by atoms with Crippen molar-refractivity contribution in [2.24, 2.45) is 0 Å². The van der Waals surface area contributed by atoms with E-state index in [9.17, 15) is 4.57 Å². The van der Waals surface area contributed by atoms with Crippen molar-refractivity contribution in [2.45, 2.75) is 0 Å². The van der Waals surface area contributed by atoms with E-state index in [1.165, 1.54) is 23.2 Å². The second-order valence-corrected chi connectivity index (χ2v) is 4.87. The van der Waals surface area contributed by atoms with E-state index >= 15 is 0 Å². The van der Waals surface area contributed by atoms with Crippen LogP contribution in [-0.2, 0) is 13.6 Å². The van der Waals surface area contributed by atoms with Gasteiger partial charge in [0.2, 0.25) is 0 Å². The van der Waals surface area contributed by atoms with Crippen LogP contribution in [0.1, 0.15) is 0 Å². The normalized spacial score (nSPS) is 16.8. The molecule has 0 spiro atoms. The first-order valence-corrected chi connectivity index (χ1v) is 6.53. The van der Waals surface area contributed by atoms with Crippen molar-refractivity contribution in [1.82, 2.24) is 0 Å². The van der Waals surface area contributed by atoms with Gasteiger partial charge < -0.3 is 0 Å². The number of hydrogen-bond acceptors (Lipinski definition) is 3. The van der Waals surface area contributed by atoms with Crippen LogP contribution in [0.4, 0.5) is 0 Å². The summed E-state index contributed by atoms with van der Waals surface area (Å²) in [4.78, 5) is 0. The van der Waals surface area contributed by atoms with E-state index in [1.54, 1.807) is 0 Å². The van der Waals surface area contributed by atoms with Crippen LogP contribution in [0.15, 0.2) is 23.2 Å². The van der Waals surface area contributed by atoms with Crippen LogP contribution in [0.25, 0.3) is 0 Å². The van der Waals surface area contributed by atoms with Gasteiger partial charge in [-0.15, -0.1) is 0 Å². The first-order valence-electron chi connectivity index (χ1n) is 3.21. The first kappa shape index (κ1) is 13.5. The summed E-state index contributed by atoms with van der Waals surface area (Å²) in [6.07, 6.45) is 2.88. The van der Waals surface area contributed by atoms with Crippen molar-refractivity contribution in [3.8, 4) is 0 Å². The summed E-state index contributed by atoms with van der Waals surface area (Å²) >= 11 is 15.8. The summed E-state index contributed by atoms with van der Waals surface area (Å²) in [6.45, 7) is -3.43. The lowest BCUT2D eigenvalue weighted by molar-refractivity contribution is 0.253. The van der Waals surface area contributed by atoms with Gasteiger partial charge in [-0.05, 0) is 12.2 Å². The van der Waals surface area contributed by atoms with Gasteiger partial charge in [-0.1, -0.05) is 23.2 Å². The van der Waals surface area contributed by atoms with Gasteiger partial charge in [0, 0.05) is 22.3 Å². The molecule has 0 N–H and O–H groups in total. The van der Waals surface area contributed by atoms with Gasteiger partial charge in [0.15, 0.2) is 0 Å². The fourth-order valence-corrected chi connectivity index (χ4v) is 1.46. The summed E-state index contributed by atoms with van der Waals surface area (Å²) in [5.41, 5.74) is 2.46. The van der Waals surface area contributed by atoms with Gasteiger partial charge >= 0.3 is 6.95 Å². The fraction of sp³-hybridized carbons (Fsp3) is 0.333. The highest BCUT2D eigenvalue weighted by atomic mass is 35.7. The Morgan fingerprint density at radius 3 is 1.77 bits per heavy atom. The highest BCUT2D eigenvalue weighted by molar-refractivity contribution is 7.81. The van der Waals surface area contributed by atoms with Crippen LogP contribution in [0, 0.1) is 0 Å². The number of hydrogen-bond donors (Lipinski definition) is 0. The van der Waals surface area contributed by atoms with Crippen molar-refractivity contribution in [1.29, 1.82) is 0 Å². The summed E-state index contributed by atoms with van der Waals surface area (Å²) < 4.78 is 20.5. The van der Waals surface area contributed by atoms with Crippen molar-refractivity contribution in [2.75, 3.05) is 13.2 Å². The summed E-state index contributed by atoms with van der Waals surface area (Å²) in [5.74, 6) is 0. The van der Waals surface area contributed by atoms with Crippen LogP contribution >= 0.6 is 41.4 Å². The molecule has 0 heterocycles. The third kappa shape index (κ3) is 8.82. The average molecular weight is 265 g/mol. The molecule has 0 amide bonds. The molecule has 7 heteroatoms. The predicted molar refractivity (Wildman–Crippen MR) is 55.3 cm³/mol. The van der Waals surface area contributed by atoms with E-state index in [-0.39, 0.29) is 13.2 Å². The highest BCUT2D eigenvalue weighted by Gasteiger charge is 2.18.